The van der Waals surface area contributed by atoms with Gasteiger partial charge in [-0.05, 0) is 36.4 Å². The van der Waals surface area contributed by atoms with Crippen molar-refractivity contribution in [3.8, 4) is 11.3 Å². The first-order chi connectivity index (χ1) is 7.83. The number of hydrogen-bond acceptors (Lipinski definition) is 2. The van der Waals surface area contributed by atoms with Gasteiger partial charge in [0.25, 0.3) is 0 Å². The lowest BCUT2D eigenvalue weighted by Gasteiger charge is -1.92. The van der Waals surface area contributed by atoms with Crippen LogP contribution in [0.15, 0.2) is 53.2 Å². The Morgan fingerprint density at radius 2 is 2.00 bits per heavy atom. The summed E-state index contributed by atoms with van der Waals surface area (Å²) in [5, 5.41) is 1.72. The van der Waals surface area contributed by atoms with Crippen molar-refractivity contribution in [2.75, 3.05) is 0 Å². The zero-order chi connectivity index (χ0) is 11.0. The number of hydrogen-bond donors (Lipinski definition) is 0. The highest BCUT2D eigenvalue weighted by molar-refractivity contribution is 6.31. The van der Waals surface area contributed by atoms with Gasteiger partial charge in [0.1, 0.15) is 11.3 Å². The molecule has 86 valence electrons. The molecule has 0 atom stereocenters. The highest BCUT2D eigenvalue weighted by Gasteiger charge is 2.05. The Hall–Kier alpha value is -1.51. The van der Waals surface area contributed by atoms with E-state index in [1.807, 2.05) is 36.4 Å². The maximum absolute atomic E-state index is 5.92. The van der Waals surface area contributed by atoms with E-state index in [4.69, 9.17) is 16.0 Å². The molecular weight excluding hydrogens is 257 g/mol. The molecule has 0 fully saturated rings. The molecule has 0 aliphatic carbocycles. The lowest BCUT2D eigenvalue weighted by atomic mass is 10.2. The monoisotopic (exact) mass is 265 g/mol. The summed E-state index contributed by atoms with van der Waals surface area (Å²) < 4.78 is 5.71. The van der Waals surface area contributed by atoms with E-state index in [1.165, 1.54) is 0 Å². The number of benzene rings is 1. The normalized spacial score (nSPS) is 10.2. The minimum Gasteiger partial charge on any atom is -0.456 e. The SMILES string of the molecule is Cl.Clc1ccc2oc(-c3cccnc3)cc2c1. The van der Waals surface area contributed by atoms with E-state index >= 15 is 0 Å². The van der Waals surface area contributed by atoms with Crippen molar-refractivity contribution in [3.05, 3.63) is 53.8 Å². The standard InChI is InChI=1S/C13H8ClNO.ClH/c14-11-3-4-12-10(6-11)7-13(16-12)9-2-1-5-15-8-9;/h1-8H;1H. The molecule has 2 nitrogen and oxygen atoms in total. The molecule has 1 aromatic carbocycles. The predicted molar refractivity (Wildman–Crippen MR) is 71.7 cm³/mol. The van der Waals surface area contributed by atoms with Crippen LogP contribution in [0.1, 0.15) is 0 Å². The first-order valence-electron chi connectivity index (χ1n) is 4.92. The highest BCUT2D eigenvalue weighted by atomic mass is 35.5. The summed E-state index contributed by atoms with van der Waals surface area (Å²) in [4.78, 5) is 4.06. The Kier molecular flexibility index (Phi) is 3.36. The van der Waals surface area contributed by atoms with Gasteiger partial charge in [-0.3, -0.25) is 4.98 Å². The Morgan fingerprint density at radius 3 is 2.76 bits per heavy atom. The highest BCUT2D eigenvalue weighted by Crippen LogP contribution is 2.28. The molecule has 0 aliphatic rings. The average Bonchev–Trinajstić information content (AvgIpc) is 2.73. The molecule has 0 saturated heterocycles. The number of halogens is 2. The van der Waals surface area contributed by atoms with E-state index in [-0.39, 0.29) is 12.4 Å². The second-order valence-corrected chi connectivity index (χ2v) is 3.97. The molecule has 3 aromatic rings. The van der Waals surface area contributed by atoms with Gasteiger partial charge in [0.15, 0.2) is 0 Å². The van der Waals surface area contributed by atoms with Crippen molar-refractivity contribution >= 4 is 35.0 Å². The van der Waals surface area contributed by atoms with Crippen LogP contribution in [0.25, 0.3) is 22.3 Å². The third kappa shape index (κ3) is 2.28. The fourth-order valence-electron chi connectivity index (χ4n) is 1.66. The van der Waals surface area contributed by atoms with Crippen LogP contribution in [0.2, 0.25) is 5.02 Å². The zero-order valence-corrected chi connectivity index (χ0v) is 10.3. The zero-order valence-electron chi connectivity index (χ0n) is 8.76. The third-order valence-corrected chi connectivity index (χ3v) is 2.66. The number of pyridine rings is 1. The van der Waals surface area contributed by atoms with Crippen molar-refractivity contribution in [3.63, 3.8) is 0 Å². The molecular formula is C13H9Cl2NO. The van der Waals surface area contributed by atoms with E-state index in [0.29, 0.717) is 5.02 Å². The second kappa shape index (κ2) is 4.78. The number of nitrogens with zero attached hydrogens (tertiary/aromatic N) is 1. The summed E-state index contributed by atoms with van der Waals surface area (Å²) in [5.41, 5.74) is 1.80. The van der Waals surface area contributed by atoms with Gasteiger partial charge in [-0.25, -0.2) is 0 Å². The summed E-state index contributed by atoms with van der Waals surface area (Å²) in [6, 6.07) is 11.4. The van der Waals surface area contributed by atoms with Gasteiger partial charge in [0.2, 0.25) is 0 Å². The van der Waals surface area contributed by atoms with Gasteiger partial charge >= 0.3 is 0 Å². The fraction of sp³-hybridized carbons (Fsp3) is 0. The number of fused-ring (bicyclic) bond motifs is 1. The van der Waals surface area contributed by atoms with Crippen molar-refractivity contribution in [2.24, 2.45) is 0 Å². The molecule has 2 aromatic heterocycles. The number of aromatic nitrogens is 1. The van der Waals surface area contributed by atoms with Crippen molar-refractivity contribution in [1.82, 2.24) is 4.98 Å². The predicted octanol–water partition coefficient (Wildman–Crippen LogP) is 4.57. The molecule has 0 amide bonds. The average molecular weight is 266 g/mol. The van der Waals surface area contributed by atoms with Crippen LogP contribution in [0.5, 0.6) is 0 Å². The summed E-state index contributed by atoms with van der Waals surface area (Å²) in [6.45, 7) is 0. The quantitative estimate of drug-likeness (QED) is 0.644. The molecule has 0 radical (unpaired) electrons. The summed E-state index contributed by atoms with van der Waals surface area (Å²) in [6.07, 6.45) is 3.52. The fourth-order valence-corrected chi connectivity index (χ4v) is 1.85. The van der Waals surface area contributed by atoms with Crippen LogP contribution in [0.4, 0.5) is 0 Å². The molecule has 0 N–H and O–H groups in total. The molecule has 2 heterocycles. The van der Waals surface area contributed by atoms with Gasteiger partial charge in [0.05, 0.1) is 0 Å². The molecule has 0 aliphatic heterocycles. The van der Waals surface area contributed by atoms with Crippen LogP contribution in [0, 0.1) is 0 Å². The first-order valence-corrected chi connectivity index (χ1v) is 5.30. The molecule has 17 heavy (non-hydrogen) atoms. The molecule has 0 bridgehead atoms. The first kappa shape index (κ1) is 12.0. The van der Waals surface area contributed by atoms with Gasteiger partial charge in [0, 0.05) is 28.4 Å². The van der Waals surface area contributed by atoms with Gasteiger partial charge in [-0.1, -0.05) is 11.6 Å². The van der Waals surface area contributed by atoms with Crippen molar-refractivity contribution < 1.29 is 4.42 Å². The number of furan rings is 1. The van der Waals surface area contributed by atoms with Gasteiger partial charge < -0.3 is 4.42 Å². The van der Waals surface area contributed by atoms with E-state index in [1.54, 1.807) is 12.4 Å². The van der Waals surface area contributed by atoms with E-state index in [2.05, 4.69) is 4.98 Å². The summed E-state index contributed by atoms with van der Waals surface area (Å²) in [5.74, 6) is 0.811. The molecule has 4 heteroatoms. The topological polar surface area (TPSA) is 26.0 Å². The maximum Gasteiger partial charge on any atom is 0.136 e. The Bertz CT molecular complexity index is 634. The van der Waals surface area contributed by atoms with Crippen LogP contribution in [-0.4, -0.2) is 4.98 Å². The smallest absolute Gasteiger partial charge is 0.136 e. The van der Waals surface area contributed by atoms with E-state index in [0.717, 1.165) is 22.3 Å². The summed E-state index contributed by atoms with van der Waals surface area (Å²) >= 11 is 5.92. The van der Waals surface area contributed by atoms with Crippen molar-refractivity contribution in [2.45, 2.75) is 0 Å². The molecule has 0 unspecified atom stereocenters. The molecule has 0 spiro atoms. The van der Waals surface area contributed by atoms with Crippen LogP contribution >= 0.6 is 24.0 Å². The summed E-state index contributed by atoms with van der Waals surface area (Å²) in [7, 11) is 0. The van der Waals surface area contributed by atoms with Crippen LogP contribution < -0.4 is 0 Å². The lowest BCUT2D eigenvalue weighted by molar-refractivity contribution is 0.631. The van der Waals surface area contributed by atoms with E-state index in [9.17, 15) is 0 Å². The molecule has 0 saturated carbocycles. The van der Waals surface area contributed by atoms with E-state index < -0.39 is 0 Å². The minimum absolute atomic E-state index is 0. The second-order valence-electron chi connectivity index (χ2n) is 3.53. The van der Waals surface area contributed by atoms with Crippen molar-refractivity contribution in [1.29, 1.82) is 0 Å². The van der Waals surface area contributed by atoms with Gasteiger partial charge in [-0.15, -0.1) is 12.4 Å². The number of rotatable bonds is 1. The lowest BCUT2D eigenvalue weighted by Crippen LogP contribution is -1.73. The Labute approximate surface area is 110 Å². The largest absolute Gasteiger partial charge is 0.456 e. The van der Waals surface area contributed by atoms with Crippen LogP contribution in [0.3, 0.4) is 0 Å². The minimum atomic E-state index is 0. The molecule has 3 rings (SSSR count). The maximum atomic E-state index is 5.92. The van der Waals surface area contributed by atoms with Crippen LogP contribution in [-0.2, 0) is 0 Å². The Morgan fingerprint density at radius 1 is 1.12 bits per heavy atom. The third-order valence-electron chi connectivity index (χ3n) is 2.42. The van der Waals surface area contributed by atoms with Gasteiger partial charge in [-0.2, -0.15) is 0 Å². The Balaban J connectivity index is 0.00000108.